The van der Waals surface area contributed by atoms with E-state index in [1.165, 1.54) is 4.90 Å². The van der Waals surface area contributed by atoms with Crippen LogP contribution in [0.25, 0.3) is 5.57 Å². The van der Waals surface area contributed by atoms with Crippen LogP contribution < -0.4 is 15.0 Å². The SMILES string of the molecule is Cc1cccc(NC2=C(c3ccccc3)C(=O)N(c3ccccc3OC(C)C)C2=O)c1. The lowest BCUT2D eigenvalue weighted by Gasteiger charge is -2.20. The molecule has 3 aromatic rings. The highest BCUT2D eigenvalue weighted by Crippen LogP contribution is 2.38. The molecule has 0 spiro atoms. The molecule has 4 rings (SSSR count). The van der Waals surface area contributed by atoms with Gasteiger partial charge < -0.3 is 10.1 Å². The maximum atomic E-state index is 13.6. The molecule has 0 aromatic heterocycles. The van der Waals surface area contributed by atoms with Crippen LogP contribution in [-0.4, -0.2) is 17.9 Å². The number of anilines is 2. The molecule has 31 heavy (non-hydrogen) atoms. The third-order valence-corrected chi connectivity index (χ3v) is 4.90. The summed E-state index contributed by atoms with van der Waals surface area (Å²) in [6.07, 6.45) is -0.0969. The van der Waals surface area contributed by atoms with E-state index in [1.54, 1.807) is 18.2 Å². The maximum Gasteiger partial charge on any atom is 0.282 e. The summed E-state index contributed by atoms with van der Waals surface area (Å²) in [6.45, 7) is 5.79. The van der Waals surface area contributed by atoms with E-state index in [9.17, 15) is 9.59 Å². The topological polar surface area (TPSA) is 58.6 Å². The van der Waals surface area contributed by atoms with Crippen LogP contribution in [0, 0.1) is 6.92 Å². The molecule has 1 aliphatic heterocycles. The predicted octanol–water partition coefficient (Wildman–Crippen LogP) is 5.18. The summed E-state index contributed by atoms with van der Waals surface area (Å²) in [5.41, 5.74) is 3.50. The Morgan fingerprint density at radius 2 is 1.55 bits per heavy atom. The number of carbonyl (C=O) groups is 2. The fraction of sp³-hybridized carbons (Fsp3) is 0.154. The number of amides is 2. The van der Waals surface area contributed by atoms with E-state index in [0.717, 1.165) is 11.3 Å². The normalized spacial score (nSPS) is 13.9. The molecule has 0 fully saturated rings. The average Bonchev–Trinajstić information content (AvgIpc) is 2.98. The first-order chi connectivity index (χ1) is 15.0. The summed E-state index contributed by atoms with van der Waals surface area (Å²) in [5.74, 6) is -0.306. The number of para-hydroxylation sites is 2. The molecule has 0 bridgehead atoms. The number of hydrogen-bond acceptors (Lipinski definition) is 4. The van der Waals surface area contributed by atoms with Gasteiger partial charge in [-0.15, -0.1) is 0 Å². The molecule has 5 heteroatoms. The predicted molar refractivity (Wildman–Crippen MR) is 123 cm³/mol. The number of rotatable bonds is 6. The standard InChI is InChI=1S/C26H24N2O3/c1-17(2)31-22-15-8-7-14-21(22)28-25(29)23(19-11-5-4-6-12-19)24(26(28)30)27-20-13-9-10-18(3)16-20/h4-17,27H,1-3H3. The van der Waals surface area contributed by atoms with Gasteiger partial charge in [0.25, 0.3) is 11.8 Å². The molecule has 3 aromatic carbocycles. The summed E-state index contributed by atoms with van der Waals surface area (Å²) in [6, 6.07) is 24.0. The Balaban J connectivity index is 1.82. The minimum atomic E-state index is -0.412. The lowest BCUT2D eigenvalue weighted by molar-refractivity contribution is -0.120. The molecule has 1 N–H and O–H groups in total. The third-order valence-electron chi connectivity index (χ3n) is 4.90. The van der Waals surface area contributed by atoms with Gasteiger partial charge in [0.15, 0.2) is 0 Å². The zero-order valence-corrected chi connectivity index (χ0v) is 17.8. The van der Waals surface area contributed by atoms with Gasteiger partial charge in [0.05, 0.1) is 17.4 Å². The van der Waals surface area contributed by atoms with Crippen LogP contribution in [-0.2, 0) is 9.59 Å². The summed E-state index contributed by atoms with van der Waals surface area (Å²) < 4.78 is 5.88. The number of hydrogen-bond donors (Lipinski definition) is 1. The van der Waals surface area contributed by atoms with Crippen molar-refractivity contribution in [3.8, 4) is 5.75 Å². The number of nitrogens with one attached hydrogen (secondary N) is 1. The van der Waals surface area contributed by atoms with Gasteiger partial charge >= 0.3 is 0 Å². The molecule has 1 aliphatic rings. The second-order valence-corrected chi connectivity index (χ2v) is 7.69. The van der Waals surface area contributed by atoms with Gasteiger partial charge in [0.1, 0.15) is 11.4 Å². The number of imide groups is 1. The van der Waals surface area contributed by atoms with E-state index in [2.05, 4.69) is 5.32 Å². The van der Waals surface area contributed by atoms with Crippen LogP contribution in [0.3, 0.4) is 0 Å². The fourth-order valence-corrected chi connectivity index (χ4v) is 3.60. The van der Waals surface area contributed by atoms with Gasteiger partial charge in [-0.25, -0.2) is 4.90 Å². The summed E-state index contributed by atoms with van der Waals surface area (Å²) in [7, 11) is 0. The summed E-state index contributed by atoms with van der Waals surface area (Å²) in [5, 5.41) is 3.20. The van der Waals surface area contributed by atoms with E-state index < -0.39 is 5.91 Å². The highest BCUT2D eigenvalue weighted by molar-refractivity contribution is 6.46. The highest BCUT2D eigenvalue weighted by atomic mass is 16.5. The van der Waals surface area contributed by atoms with Crippen LogP contribution in [0.15, 0.2) is 84.6 Å². The van der Waals surface area contributed by atoms with Crippen molar-refractivity contribution in [2.24, 2.45) is 0 Å². The smallest absolute Gasteiger partial charge is 0.282 e. The fourth-order valence-electron chi connectivity index (χ4n) is 3.60. The first-order valence-corrected chi connectivity index (χ1v) is 10.2. The van der Waals surface area contributed by atoms with Crippen LogP contribution in [0.5, 0.6) is 5.75 Å². The molecule has 1 heterocycles. The number of nitrogens with zero attached hydrogens (tertiary/aromatic N) is 1. The van der Waals surface area contributed by atoms with Crippen molar-refractivity contribution in [3.63, 3.8) is 0 Å². The summed E-state index contributed by atoms with van der Waals surface area (Å²) >= 11 is 0. The van der Waals surface area contributed by atoms with Crippen LogP contribution in [0.2, 0.25) is 0 Å². The highest BCUT2D eigenvalue weighted by Gasteiger charge is 2.41. The average molecular weight is 412 g/mol. The minimum absolute atomic E-state index is 0.0969. The monoisotopic (exact) mass is 412 g/mol. The van der Waals surface area contributed by atoms with Crippen LogP contribution >= 0.6 is 0 Å². The molecule has 2 amide bonds. The Kier molecular flexibility index (Phi) is 5.58. The molecule has 0 unspecified atom stereocenters. The van der Waals surface area contributed by atoms with Gasteiger partial charge in [-0.1, -0.05) is 54.6 Å². The largest absolute Gasteiger partial charge is 0.489 e. The zero-order chi connectivity index (χ0) is 22.0. The van der Waals surface area contributed by atoms with Gasteiger partial charge in [0.2, 0.25) is 0 Å². The van der Waals surface area contributed by atoms with Crippen LogP contribution in [0.1, 0.15) is 25.0 Å². The van der Waals surface area contributed by atoms with Gasteiger partial charge in [-0.05, 0) is 56.2 Å². The molecular formula is C26H24N2O3. The number of carbonyl (C=O) groups excluding carboxylic acids is 2. The molecule has 156 valence electrons. The molecular weight excluding hydrogens is 388 g/mol. The summed E-state index contributed by atoms with van der Waals surface area (Å²) in [4.78, 5) is 28.3. The molecule has 0 saturated heterocycles. The zero-order valence-electron chi connectivity index (χ0n) is 17.8. The first-order valence-electron chi connectivity index (χ1n) is 10.2. The van der Waals surface area contributed by atoms with Gasteiger partial charge in [0, 0.05) is 5.69 Å². The Labute approximate surface area is 182 Å². The molecule has 0 atom stereocenters. The van der Waals surface area contributed by atoms with Gasteiger partial charge in [-0.3, -0.25) is 9.59 Å². The Morgan fingerprint density at radius 3 is 2.26 bits per heavy atom. The lowest BCUT2D eigenvalue weighted by atomic mass is 10.0. The number of benzene rings is 3. The van der Waals surface area contributed by atoms with Crippen molar-refractivity contribution in [2.75, 3.05) is 10.2 Å². The van der Waals surface area contributed by atoms with Crippen molar-refractivity contribution < 1.29 is 14.3 Å². The van der Waals surface area contributed by atoms with Crippen molar-refractivity contribution in [1.29, 1.82) is 0 Å². The molecule has 0 saturated carbocycles. The molecule has 5 nitrogen and oxygen atoms in total. The molecule has 0 radical (unpaired) electrons. The second kappa shape index (κ2) is 8.48. The van der Waals surface area contributed by atoms with Crippen LogP contribution in [0.4, 0.5) is 11.4 Å². The van der Waals surface area contributed by atoms with E-state index in [0.29, 0.717) is 22.6 Å². The maximum absolute atomic E-state index is 13.6. The Morgan fingerprint density at radius 1 is 0.839 bits per heavy atom. The Hall–Kier alpha value is -3.86. The number of ether oxygens (including phenoxy) is 1. The molecule has 0 aliphatic carbocycles. The van der Waals surface area contributed by atoms with Gasteiger partial charge in [-0.2, -0.15) is 0 Å². The quantitative estimate of drug-likeness (QED) is 0.567. The first kappa shape index (κ1) is 20.4. The minimum Gasteiger partial charge on any atom is -0.489 e. The third kappa shape index (κ3) is 4.08. The van der Waals surface area contributed by atoms with Crippen molar-refractivity contribution in [3.05, 3.63) is 95.7 Å². The van der Waals surface area contributed by atoms with Crippen molar-refractivity contribution in [2.45, 2.75) is 26.9 Å². The van der Waals surface area contributed by atoms with E-state index in [4.69, 9.17) is 4.74 Å². The van der Waals surface area contributed by atoms with Crippen molar-refractivity contribution >= 4 is 28.8 Å². The Bertz CT molecular complexity index is 1170. The van der Waals surface area contributed by atoms with Crippen molar-refractivity contribution in [1.82, 2.24) is 0 Å². The van der Waals surface area contributed by atoms with E-state index >= 15 is 0 Å². The van der Waals surface area contributed by atoms with E-state index in [1.807, 2.05) is 81.4 Å². The van der Waals surface area contributed by atoms with E-state index in [-0.39, 0.29) is 17.7 Å². The lowest BCUT2D eigenvalue weighted by Crippen LogP contribution is -2.33. The second-order valence-electron chi connectivity index (χ2n) is 7.69. The number of aryl methyl sites for hydroxylation is 1.